The number of aliphatic carboxylic acids is 1. The van der Waals surface area contributed by atoms with E-state index in [2.05, 4.69) is 0 Å². The van der Waals surface area contributed by atoms with Gasteiger partial charge in [0.25, 0.3) is 0 Å². The van der Waals surface area contributed by atoms with Gasteiger partial charge in [-0.15, -0.1) is 11.6 Å². The van der Waals surface area contributed by atoms with Crippen LogP contribution in [-0.4, -0.2) is 16.5 Å². The third kappa shape index (κ3) is 3.75. The molecule has 0 amide bonds. The van der Waals surface area contributed by atoms with Crippen LogP contribution in [0, 0.1) is 0 Å². The second-order valence-electron chi connectivity index (χ2n) is 4.51. The third-order valence-corrected chi connectivity index (χ3v) is 3.76. The Balaban J connectivity index is 2.22. The predicted molar refractivity (Wildman–Crippen MR) is 82.5 cm³/mol. The van der Waals surface area contributed by atoms with Crippen LogP contribution in [0.5, 0.6) is 0 Å². The maximum atomic E-state index is 10.8. The molecule has 104 valence electrons. The topological polar surface area (TPSA) is 37.3 Å². The van der Waals surface area contributed by atoms with E-state index in [-0.39, 0.29) is 0 Å². The Labute approximate surface area is 128 Å². The van der Waals surface area contributed by atoms with E-state index in [0.717, 1.165) is 16.7 Å². The van der Waals surface area contributed by atoms with Crippen molar-refractivity contribution in [3.8, 4) is 11.1 Å². The lowest BCUT2D eigenvalue weighted by molar-refractivity contribution is -0.136. The van der Waals surface area contributed by atoms with Crippen molar-refractivity contribution < 1.29 is 9.90 Å². The maximum Gasteiger partial charge on any atom is 0.321 e. The molecule has 2 aromatic rings. The highest BCUT2D eigenvalue weighted by Crippen LogP contribution is 2.26. The van der Waals surface area contributed by atoms with Crippen LogP contribution in [0.25, 0.3) is 11.1 Å². The van der Waals surface area contributed by atoms with Gasteiger partial charge in [-0.3, -0.25) is 4.79 Å². The van der Waals surface area contributed by atoms with Gasteiger partial charge >= 0.3 is 5.97 Å². The number of carbonyl (C=O) groups is 1. The first-order chi connectivity index (χ1) is 9.58. The van der Waals surface area contributed by atoms with Crippen molar-refractivity contribution in [2.75, 3.05) is 0 Å². The molecule has 1 unspecified atom stereocenters. The summed E-state index contributed by atoms with van der Waals surface area (Å²) in [5, 5.41) is 8.67. The zero-order valence-corrected chi connectivity index (χ0v) is 12.2. The predicted octanol–water partition coefficient (Wildman–Crippen LogP) is 4.63. The highest BCUT2D eigenvalue weighted by Gasteiger charge is 2.14. The van der Waals surface area contributed by atoms with Gasteiger partial charge in [-0.1, -0.05) is 48.0 Å². The summed E-state index contributed by atoms with van der Waals surface area (Å²) in [4.78, 5) is 10.8. The van der Waals surface area contributed by atoms with E-state index in [0.29, 0.717) is 17.9 Å². The quantitative estimate of drug-likeness (QED) is 0.818. The number of carboxylic acids is 1. The number of carboxylic acid groups (broad SMARTS) is 1. The third-order valence-electron chi connectivity index (χ3n) is 3.11. The molecule has 2 aromatic carbocycles. The zero-order valence-electron chi connectivity index (χ0n) is 10.7. The summed E-state index contributed by atoms with van der Waals surface area (Å²) < 4.78 is 0. The number of benzene rings is 2. The highest BCUT2D eigenvalue weighted by atomic mass is 35.5. The maximum absolute atomic E-state index is 10.8. The molecule has 0 aliphatic heterocycles. The summed E-state index contributed by atoms with van der Waals surface area (Å²) in [5.74, 6) is -0.976. The van der Waals surface area contributed by atoms with E-state index in [1.54, 1.807) is 0 Å². The zero-order chi connectivity index (χ0) is 14.5. The fourth-order valence-corrected chi connectivity index (χ4v) is 2.29. The Morgan fingerprint density at radius 1 is 1.10 bits per heavy atom. The molecule has 1 atom stereocenters. The summed E-state index contributed by atoms with van der Waals surface area (Å²) in [6, 6.07) is 15.5. The highest BCUT2D eigenvalue weighted by molar-refractivity contribution is 6.30. The van der Waals surface area contributed by atoms with Crippen LogP contribution in [0.15, 0.2) is 48.5 Å². The Bertz CT molecular complexity index is 594. The fourth-order valence-electron chi connectivity index (χ4n) is 2.06. The molecule has 0 aliphatic rings. The van der Waals surface area contributed by atoms with Crippen LogP contribution < -0.4 is 0 Å². The number of hydrogen-bond acceptors (Lipinski definition) is 1. The lowest BCUT2D eigenvalue weighted by atomic mass is 9.96. The number of hydrogen-bond donors (Lipinski definition) is 1. The molecule has 0 fully saturated rings. The Kier molecular flexibility index (Phi) is 5.05. The molecular weight excluding hydrogens is 295 g/mol. The molecule has 1 N–H and O–H groups in total. The minimum Gasteiger partial charge on any atom is -0.480 e. The van der Waals surface area contributed by atoms with Crippen molar-refractivity contribution in [3.63, 3.8) is 0 Å². The molecule has 2 rings (SSSR count). The van der Waals surface area contributed by atoms with Gasteiger partial charge in [-0.05, 0) is 41.7 Å². The van der Waals surface area contributed by atoms with Crippen molar-refractivity contribution in [1.82, 2.24) is 0 Å². The van der Waals surface area contributed by atoms with Gasteiger partial charge in [-0.25, -0.2) is 0 Å². The smallest absolute Gasteiger partial charge is 0.321 e. The van der Waals surface area contributed by atoms with Crippen molar-refractivity contribution in [2.24, 2.45) is 0 Å². The minimum absolute atomic E-state index is 0.404. The van der Waals surface area contributed by atoms with Gasteiger partial charge in [0, 0.05) is 5.02 Å². The van der Waals surface area contributed by atoms with E-state index < -0.39 is 11.3 Å². The largest absolute Gasteiger partial charge is 0.480 e. The minimum atomic E-state index is -0.976. The Morgan fingerprint density at radius 3 is 2.40 bits per heavy atom. The van der Waals surface area contributed by atoms with Gasteiger partial charge in [0.2, 0.25) is 0 Å². The van der Waals surface area contributed by atoms with Crippen LogP contribution in [0.3, 0.4) is 0 Å². The van der Waals surface area contributed by atoms with E-state index in [1.807, 2.05) is 48.5 Å². The van der Waals surface area contributed by atoms with Crippen LogP contribution in [-0.2, 0) is 11.2 Å². The van der Waals surface area contributed by atoms with Gasteiger partial charge in [0.15, 0.2) is 0 Å². The van der Waals surface area contributed by atoms with Gasteiger partial charge in [0.05, 0.1) is 0 Å². The van der Waals surface area contributed by atoms with Crippen LogP contribution in [0.2, 0.25) is 5.02 Å². The molecule has 0 radical (unpaired) electrons. The Hall–Kier alpha value is -1.51. The second kappa shape index (κ2) is 6.78. The molecule has 2 nitrogen and oxygen atoms in total. The van der Waals surface area contributed by atoms with Gasteiger partial charge in [0.1, 0.15) is 5.38 Å². The Morgan fingerprint density at radius 2 is 1.75 bits per heavy atom. The van der Waals surface area contributed by atoms with E-state index in [4.69, 9.17) is 28.3 Å². The number of rotatable bonds is 5. The molecule has 0 aliphatic carbocycles. The van der Waals surface area contributed by atoms with Gasteiger partial charge < -0.3 is 5.11 Å². The fraction of sp³-hybridized carbons (Fsp3) is 0.188. The summed E-state index contributed by atoms with van der Waals surface area (Å²) in [5.41, 5.74) is 3.23. The number of alkyl halides is 1. The van der Waals surface area contributed by atoms with Gasteiger partial charge in [-0.2, -0.15) is 0 Å². The molecular formula is C16H14Cl2O2. The van der Waals surface area contributed by atoms with Crippen molar-refractivity contribution >= 4 is 29.2 Å². The van der Waals surface area contributed by atoms with Crippen LogP contribution in [0.1, 0.15) is 12.0 Å². The van der Waals surface area contributed by atoms with E-state index >= 15 is 0 Å². The summed E-state index contributed by atoms with van der Waals surface area (Å²) in [6.07, 6.45) is 1.03. The summed E-state index contributed by atoms with van der Waals surface area (Å²) >= 11 is 11.7. The van der Waals surface area contributed by atoms with Crippen molar-refractivity contribution in [1.29, 1.82) is 0 Å². The standard InChI is InChI=1S/C16H14Cl2O2/c17-13-8-5-12(6-9-13)14-4-2-1-3-11(14)7-10-15(18)16(19)20/h1-6,8-9,15H,7,10H2,(H,19,20). The lowest BCUT2D eigenvalue weighted by Gasteiger charge is -2.11. The number of halogens is 2. The summed E-state index contributed by atoms with van der Waals surface area (Å²) in [6.45, 7) is 0. The summed E-state index contributed by atoms with van der Waals surface area (Å²) in [7, 11) is 0. The SMILES string of the molecule is O=C(O)C(Cl)CCc1ccccc1-c1ccc(Cl)cc1. The molecule has 0 saturated carbocycles. The molecule has 4 heteroatoms. The molecule has 0 bridgehead atoms. The van der Waals surface area contributed by atoms with Crippen LogP contribution in [0.4, 0.5) is 0 Å². The average molecular weight is 309 g/mol. The normalized spacial score (nSPS) is 12.1. The van der Waals surface area contributed by atoms with Crippen molar-refractivity contribution in [3.05, 3.63) is 59.1 Å². The average Bonchev–Trinajstić information content (AvgIpc) is 2.46. The molecule has 20 heavy (non-hydrogen) atoms. The number of aryl methyl sites for hydroxylation is 1. The molecule has 0 heterocycles. The van der Waals surface area contributed by atoms with Crippen molar-refractivity contribution in [2.45, 2.75) is 18.2 Å². The first kappa shape index (κ1) is 14.9. The molecule has 0 aromatic heterocycles. The molecule has 0 spiro atoms. The lowest BCUT2D eigenvalue weighted by Crippen LogP contribution is -2.14. The van der Waals surface area contributed by atoms with E-state index in [1.165, 1.54) is 0 Å². The first-order valence-corrected chi connectivity index (χ1v) is 7.10. The second-order valence-corrected chi connectivity index (χ2v) is 5.47. The van der Waals surface area contributed by atoms with E-state index in [9.17, 15) is 4.79 Å². The first-order valence-electron chi connectivity index (χ1n) is 6.28. The monoisotopic (exact) mass is 308 g/mol. The molecule has 0 saturated heterocycles. The van der Waals surface area contributed by atoms with Crippen LogP contribution >= 0.6 is 23.2 Å².